The van der Waals surface area contributed by atoms with E-state index in [1.807, 2.05) is 0 Å². The van der Waals surface area contributed by atoms with Crippen LogP contribution in [0, 0.1) is 0 Å². The Bertz CT molecular complexity index is 372. The van der Waals surface area contributed by atoms with Crippen LogP contribution in [0.15, 0.2) is 18.2 Å². The van der Waals surface area contributed by atoms with Gasteiger partial charge in [0.1, 0.15) is 11.9 Å². The third kappa shape index (κ3) is 2.06. The Morgan fingerprint density at radius 2 is 2.31 bits per heavy atom. The molecule has 1 N–H and O–H groups in total. The number of fused-ring (bicyclic) bond motifs is 1. The average Bonchev–Trinajstić information content (AvgIpc) is 2.82. The topological polar surface area (TPSA) is 30.5 Å². The summed E-state index contributed by atoms with van der Waals surface area (Å²) in [5.74, 6) is 0.996. The summed E-state index contributed by atoms with van der Waals surface area (Å²) in [6, 6.07) is 6.44. The van der Waals surface area contributed by atoms with Gasteiger partial charge in [-0.2, -0.15) is 0 Å². The fraction of sp³-hybridized carbons (Fsp3) is 0.538. The molecule has 1 fully saturated rings. The largest absolute Gasteiger partial charge is 0.488 e. The second-order valence-electron chi connectivity index (χ2n) is 4.46. The molecule has 86 valence electrons. The number of ether oxygens (including phenoxy) is 2. The predicted octanol–water partition coefficient (Wildman–Crippen LogP) is 1.50. The van der Waals surface area contributed by atoms with E-state index in [1.165, 1.54) is 11.1 Å². The zero-order valence-electron chi connectivity index (χ0n) is 9.37. The smallest absolute Gasteiger partial charge is 0.124 e. The van der Waals surface area contributed by atoms with Crippen molar-refractivity contribution in [3.05, 3.63) is 29.3 Å². The van der Waals surface area contributed by atoms with Gasteiger partial charge in [-0.15, -0.1) is 0 Å². The molecule has 0 radical (unpaired) electrons. The molecule has 3 heteroatoms. The summed E-state index contributed by atoms with van der Waals surface area (Å²) >= 11 is 0. The van der Waals surface area contributed by atoms with Gasteiger partial charge in [-0.1, -0.05) is 6.07 Å². The first-order valence-corrected chi connectivity index (χ1v) is 5.99. The molecule has 1 aromatic rings. The van der Waals surface area contributed by atoms with E-state index in [9.17, 15) is 0 Å². The van der Waals surface area contributed by atoms with E-state index in [0.29, 0.717) is 0 Å². The summed E-state index contributed by atoms with van der Waals surface area (Å²) in [5, 5.41) is 3.37. The van der Waals surface area contributed by atoms with Crippen molar-refractivity contribution in [1.82, 2.24) is 5.32 Å². The minimum atomic E-state index is 0.250. The maximum absolute atomic E-state index is 5.90. The maximum Gasteiger partial charge on any atom is 0.124 e. The highest BCUT2D eigenvalue weighted by Crippen LogP contribution is 2.23. The van der Waals surface area contributed by atoms with Crippen molar-refractivity contribution in [2.45, 2.75) is 25.5 Å². The molecule has 1 saturated heterocycles. The molecule has 0 aliphatic carbocycles. The first-order chi connectivity index (χ1) is 7.92. The number of benzene rings is 1. The lowest BCUT2D eigenvalue weighted by atomic mass is 10.0. The Hall–Kier alpha value is -1.06. The fourth-order valence-electron chi connectivity index (χ4n) is 2.33. The lowest BCUT2D eigenvalue weighted by Crippen LogP contribution is -2.23. The summed E-state index contributed by atoms with van der Waals surface area (Å²) in [7, 11) is 0. The summed E-state index contributed by atoms with van der Waals surface area (Å²) < 4.78 is 11.2. The lowest BCUT2D eigenvalue weighted by Gasteiger charge is -2.19. The van der Waals surface area contributed by atoms with E-state index in [4.69, 9.17) is 9.47 Å². The van der Waals surface area contributed by atoms with Crippen LogP contribution in [0.4, 0.5) is 0 Å². The standard InChI is InChI=1S/C13H17NO2/c1-2-12(16-13-4-6-15-9-13)7-10-3-5-14-8-11(1)10/h1-2,7,13-14H,3-6,8-9H2. The van der Waals surface area contributed by atoms with E-state index in [1.54, 1.807) is 0 Å². The zero-order chi connectivity index (χ0) is 10.8. The highest BCUT2D eigenvalue weighted by molar-refractivity contribution is 5.37. The zero-order valence-corrected chi connectivity index (χ0v) is 9.37. The number of rotatable bonds is 2. The van der Waals surface area contributed by atoms with Crippen LogP contribution < -0.4 is 10.1 Å². The second-order valence-corrected chi connectivity index (χ2v) is 4.46. The second kappa shape index (κ2) is 4.44. The summed E-state index contributed by atoms with van der Waals surface area (Å²) in [6.07, 6.45) is 2.37. The van der Waals surface area contributed by atoms with Crippen LogP contribution in [0.5, 0.6) is 5.75 Å². The Balaban J connectivity index is 1.74. The molecule has 0 saturated carbocycles. The minimum absolute atomic E-state index is 0.250. The van der Waals surface area contributed by atoms with Crippen LogP contribution in [0.1, 0.15) is 17.5 Å². The molecular formula is C13H17NO2. The Morgan fingerprint density at radius 3 is 3.19 bits per heavy atom. The molecular weight excluding hydrogens is 202 g/mol. The van der Waals surface area contributed by atoms with Gasteiger partial charge in [-0.05, 0) is 36.2 Å². The van der Waals surface area contributed by atoms with E-state index in [0.717, 1.165) is 44.9 Å². The normalized spacial score (nSPS) is 24.1. The Labute approximate surface area is 95.8 Å². The van der Waals surface area contributed by atoms with Crippen LogP contribution in [-0.2, 0) is 17.7 Å². The summed E-state index contributed by atoms with van der Waals surface area (Å²) in [6.45, 7) is 3.63. The quantitative estimate of drug-likeness (QED) is 0.817. The van der Waals surface area contributed by atoms with Crippen molar-refractivity contribution in [1.29, 1.82) is 0 Å². The van der Waals surface area contributed by atoms with Crippen LogP contribution in [-0.4, -0.2) is 25.9 Å². The molecule has 2 aliphatic heterocycles. The van der Waals surface area contributed by atoms with Gasteiger partial charge in [0.25, 0.3) is 0 Å². The molecule has 1 unspecified atom stereocenters. The van der Waals surface area contributed by atoms with Crippen molar-refractivity contribution < 1.29 is 9.47 Å². The van der Waals surface area contributed by atoms with Gasteiger partial charge in [0.2, 0.25) is 0 Å². The van der Waals surface area contributed by atoms with Gasteiger partial charge in [-0.3, -0.25) is 0 Å². The monoisotopic (exact) mass is 219 g/mol. The van der Waals surface area contributed by atoms with Crippen molar-refractivity contribution >= 4 is 0 Å². The molecule has 2 aliphatic rings. The molecule has 16 heavy (non-hydrogen) atoms. The molecule has 3 nitrogen and oxygen atoms in total. The SMILES string of the molecule is c1cc2c(cc1OC1CCOC1)CCNC2. The minimum Gasteiger partial charge on any atom is -0.488 e. The van der Waals surface area contributed by atoms with Crippen molar-refractivity contribution in [3.8, 4) is 5.75 Å². The fourth-order valence-corrected chi connectivity index (χ4v) is 2.33. The van der Waals surface area contributed by atoms with Crippen LogP contribution in [0.2, 0.25) is 0 Å². The van der Waals surface area contributed by atoms with E-state index in [2.05, 4.69) is 23.5 Å². The van der Waals surface area contributed by atoms with Crippen molar-refractivity contribution in [2.24, 2.45) is 0 Å². The average molecular weight is 219 g/mol. The maximum atomic E-state index is 5.90. The van der Waals surface area contributed by atoms with Gasteiger partial charge in [0.05, 0.1) is 13.2 Å². The summed E-state index contributed by atoms with van der Waals surface area (Å²) in [5.41, 5.74) is 2.83. The molecule has 1 aromatic carbocycles. The Morgan fingerprint density at radius 1 is 1.31 bits per heavy atom. The van der Waals surface area contributed by atoms with Gasteiger partial charge >= 0.3 is 0 Å². The van der Waals surface area contributed by atoms with Crippen molar-refractivity contribution in [2.75, 3.05) is 19.8 Å². The highest BCUT2D eigenvalue weighted by Gasteiger charge is 2.18. The van der Waals surface area contributed by atoms with E-state index >= 15 is 0 Å². The van der Waals surface area contributed by atoms with E-state index in [-0.39, 0.29) is 6.10 Å². The number of hydrogen-bond donors (Lipinski definition) is 1. The third-order valence-corrected chi connectivity index (χ3v) is 3.25. The van der Waals surface area contributed by atoms with E-state index < -0.39 is 0 Å². The van der Waals surface area contributed by atoms with Crippen molar-refractivity contribution in [3.63, 3.8) is 0 Å². The predicted molar refractivity (Wildman–Crippen MR) is 61.7 cm³/mol. The molecule has 1 atom stereocenters. The molecule has 0 spiro atoms. The molecule has 2 heterocycles. The highest BCUT2D eigenvalue weighted by atomic mass is 16.5. The van der Waals surface area contributed by atoms with Gasteiger partial charge < -0.3 is 14.8 Å². The van der Waals surface area contributed by atoms with Crippen LogP contribution >= 0.6 is 0 Å². The molecule has 0 aromatic heterocycles. The molecule has 0 bridgehead atoms. The molecule has 0 amide bonds. The van der Waals surface area contributed by atoms with Gasteiger partial charge in [0.15, 0.2) is 0 Å². The summed E-state index contributed by atoms with van der Waals surface area (Å²) in [4.78, 5) is 0. The van der Waals surface area contributed by atoms with Gasteiger partial charge in [0, 0.05) is 13.0 Å². The first kappa shape index (κ1) is 10.1. The van der Waals surface area contributed by atoms with Crippen LogP contribution in [0.3, 0.4) is 0 Å². The lowest BCUT2D eigenvalue weighted by molar-refractivity contribution is 0.141. The molecule has 3 rings (SSSR count). The number of nitrogens with one attached hydrogen (secondary N) is 1. The third-order valence-electron chi connectivity index (χ3n) is 3.25. The first-order valence-electron chi connectivity index (χ1n) is 5.99. The van der Waals surface area contributed by atoms with Gasteiger partial charge in [-0.25, -0.2) is 0 Å². The van der Waals surface area contributed by atoms with Crippen LogP contribution in [0.25, 0.3) is 0 Å². The Kier molecular flexibility index (Phi) is 2.80. The number of hydrogen-bond acceptors (Lipinski definition) is 3.